The number of nitrogens with one attached hydrogen (secondary N) is 1. The number of primary amides is 1. The standard InChI is InChI=1S/C29H34F2N6O5/c1-15-5-8-21-23(25(32)38)27(35-36(21)13-15)42-19-10-17(11-19)9-16(2)33-26(39)24-20-7-6-18(41-14-29(3,4)40)12-22(20)37(34-24)28(30)31/h5-8,12-13,16-17,19,28,40H,9-11,14H2,1-4H3,(H2,32,38)(H,33,39)/t16-,17?,19?/m0/s1. The Balaban J connectivity index is 1.20. The van der Waals surface area contributed by atoms with Crippen LogP contribution in [0.1, 0.15) is 73.0 Å². The topological polar surface area (TPSA) is 146 Å². The first-order valence-corrected chi connectivity index (χ1v) is 13.7. The molecule has 1 aromatic carbocycles. The normalized spacial score (nSPS) is 17.8. The molecule has 224 valence electrons. The maximum atomic E-state index is 13.8. The second-order valence-corrected chi connectivity index (χ2v) is 11.6. The molecule has 3 heterocycles. The molecule has 4 aromatic rings. The summed E-state index contributed by atoms with van der Waals surface area (Å²) in [6, 6.07) is 7.83. The molecule has 42 heavy (non-hydrogen) atoms. The highest BCUT2D eigenvalue weighted by Crippen LogP contribution is 2.36. The lowest BCUT2D eigenvalue weighted by atomic mass is 9.78. The molecule has 1 atom stereocenters. The van der Waals surface area contributed by atoms with E-state index < -0.39 is 24.0 Å². The van der Waals surface area contributed by atoms with Crippen molar-refractivity contribution in [3.63, 3.8) is 0 Å². The predicted octanol–water partition coefficient (Wildman–Crippen LogP) is 4.00. The Labute approximate surface area is 240 Å². The number of carbonyl (C=O) groups excluding carboxylic acids is 2. The van der Waals surface area contributed by atoms with Crippen LogP contribution in [0.3, 0.4) is 0 Å². The predicted molar refractivity (Wildman–Crippen MR) is 150 cm³/mol. The van der Waals surface area contributed by atoms with Crippen LogP contribution in [-0.2, 0) is 0 Å². The molecule has 3 aromatic heterocycles. The molecule has 1 aliphatic rings. The number of ether oxygens (including phenoxy) is 2. The summed E-state index contributed by atoms with van der Waals surface area (Å²) < 4.78 is 41.1. The van der Waals surface area contributed by atoms with Crippen molar-refractivity contribution in [2.45, 2.75) is 71.3 Å². The van der Waals surface area contributed by atoms with Crippen molar-refractivity contribution in [2.24, 2.45) is 11.7 Å². The highest BCUT2D eigenvalue weighted by molar-refractivity contribution is 6.05. The van der Waals surface area contributed by atoms with Crippen LogP contribution < -0.4 is 20.5 Å². The van der Waals surface area contributed by atoms with Crippen molar-refractivity contribution >= 4 is 28.2 Å². The third kappa shape index (κ3) is 6.15. The van der Waals surface area contributed by atoms with Gasteiger partial charge in [0.1, 0.15) is 24.0 Å². The van der Waals surface area contributed by atoms with E-state index in [1.165, 1.54) is 12.1 Å². The van der Waals surface area contributed by atoms with E-state index in [4.69, 9.17) is 15.2 Å². The van der Waals surface area contributed by atoms with E-state index in [1.807, 2.05) is 19.9 Å². The number of alkyl halides is 2. The van der Waals surface area contributed by atoms with E-state index in [1.54, 1.807) is 36.7 Å². The summed E-state index contributed by atoms with van der Waals surface area (Å²) >= 11 is 0. The third-order valence-corrected chi connectivity index (χ3v) is 7.20. The molecule has 0 bridgehead atoms. The van der Waals surface area contributed by atoms with Gasteiger partial charge in [0.05, 0.1) is 16.6 Å². The quantitative estimate of drug-likeness (QED) is 0.242. The molecule has 5 rings (SSSR count). The SMILES string of the molecule is Cc1ccc2c(C(N)=O)c(OC3CC(C[C@H](C)NC(=O)c4nn(C(F)F)c5cc(OCC(C)(C)O)ccc45)C3)nn2c1. The zero-order valence-electron chi connectivity index (χ0n) is 23.8. The number of aliphatic hydroxyl groups is 1. The first-order valence-electron chi connectivity index (χ1n) is 13.7. The Morgan fingerprint density at radius 3 is 2.60 bits per heavy atom. The highest BCUT2D eigenvalue weighted by Gasteiger charge is 2.34. The van der Waals surface area contributed by atoms with E-state index in [0.29, 0.717) is 29.5 Å². The number of benzene rings is 1. The summed E-state index contributed by atoms with van der Waals surface area (Å²) in [4.78, 5) is 25.2. The number of nitrogens with zero attached hydrogens (tertiary/aromatic N) is 4. The lowest BCUT2D eigenvalue weighted by molar-refractivity contribution is 0.0284. The molecular formula is C29H34F2N6O5. The van der Waals surface area contributed by atoms with Gasteiger partial charge in [0, 0.05) is 23.7 Å². The number of pyridine rings is 1. The fraction of sp³-hybridized carbons (Fsp3) is 0.448. The molecule has 1 aliphatic carbocycles. The second kappa shape index (κ2) is 11.2. The van der Waals surface area contributed by atoms with Crippen LogP contribution in [0.4, 0.5) is 8.78 Å². The molecule has 4 N–H and O–H groups in total. The number of rotatable bonds is 11. The lowest BCUT2D eigenvalue weighted by Gasteiger charge is -2.36. The van der Waals surface area contributed by atoms with Crippen molar-refractivity contribution in [1.29, 1.82) is 0 Å². The van der Waals surface area contributed by atoms with Crippen molar-refractivity contribution in [2.75, 3.05) is 6.61 Å². The van der Waals surface area contributed by atoms with Gasteiger partial charge in [-0.3, -0.25) is 9.59 Å². The minimum absolute atomic E-state index is 0.0375. The van der Waals surface area contributed by atoms with Gasteiger partial charge in [-0.05, 0) is 76.6 Å². The zero-order valence-corrected chi connectivity index (χ0v) is 23.8. The van der Waals surface area contributed by atoms with Crippen molar-refractivity contribution in [3.8, 4) is 11.6 Å². The largest absolute Gasteiger partial charge is 0.491 e. The Morgan fingerprint density at radius 1 is 1.19 bits per heavy atom. The maximum absolute atomic E-state index is 13.8. The van der Waals surface area contributed by atoms with Crippen LogP contribution in [0.15, 0.2) is 36.5 Å². The molecule has 0 saturated heterocycles. The molecule has 13 heteroatoms. The first-order chi connectivity index (χ1) is 19.8. The van der Waals surface area contributed by atoms with Crippen molar-refractivity contribution in [3.05, 3.63) is 53.3 Å². The number of hydrogen-bond donors (Lipinski definition) is 3. The molecule has 0 unspecified atom stereocenters. The van der Waals surface area contributed by atoms with Gasteiger partial charge in [0.25, 0.3) is 11.8 Å². The molecule has 0 aliphatic heterocycles. The number of hydrogen-bond acceptors (Lipinski definition) is 7. The summed E-state index contributed by atoms with van der Waals surface area (Å²) in [6.07, 6.45) is 3.67. The number of nitrogens with two attached hydrogens (primary N) is 1. The third-order valence-electron chi connectivity index (χ3n) is 7.20. The lowest BCUT2D eigenvalue weighted by Crippen LogP contribution is -2.40. The Morgan fingerprint density at radius 2 is 1.93 bits per heavy atom. The number of fused-ring (bicyclic) bond motifs is 2. The average Bonchev–Trinajstić information content (AvgIpc) is 3.43. The molecule has 1 fully saturated rings. The van der Waals surface area contributed by atoms with Crippen LogP contribution in [-0.4, -0.2) is 60.7 Å². The van der Waals surface area contributed by atoms with E-state index in [2.05, 4.69) is 15.5 Å². The van der Waals surface area contributed by atoms with Gasteiger partial charge in [-0.1, -0.05) is 6.07 Å². The first kappa shape index (κ1) is 29.2. The number of amides is 2. The van der Waals surface area contributed by atoms with E-state index in [9.17, 15) is 23.5 Å². The van der Waals surface area contributed by atoms with Gasteiger partial charge in [-0.25, -0.2) is 9.20 Å². The van der Waals surface area contributed by atoms with Crippen LogP contribution >= 0.6 is 0 Å². The van der Waals surface area contributed by atoms with Crippen LogP contribution in [0.25, 0.3) is 16.4 Å². The number of aryl methyl sites for hydroxylation is 1. The number of halogens is 2. The summed E-state index contributed by atoms with van der Waals surface area (Å²) in [7, 11) is 0. The average molecular weight is 585 g/mol. The van der Waals surface area contributed by atoms with E-state index >= 15 is 0 Å². The molecule has 0 radical (unpaired) electrons. The molecule has 11 nitrogen and oxygen atoms in total. The molecular weight excluding hydrogens is 550 g/mol. The summed E-state index contributed by atoms with van der Waals surface area (Å²) in [6.45, 7) is 3.89. The van der Waals surface area contributed by atoms with Crippen molar-refractivity contribution in [1.82, 2.24) is 24.7 Å². The minimum atomic E-state index is -2.96. The smallest absolute Gasteiger partial charge is 0.333 e. The van der Waals surface area contributed by atoms with Gasteiger partial charge >= 0.3 is 6.55 Å². The number of carbonyl (C=O) groups is 2. The monoisotopic (exact) mass is 584 g/mol. The zero-order chi connectivity index (χ0) is 30.3. The van der Waals surface area contributed by atoms with Gasteiger partial charge in [-0.15, -0.1) is 5.10 Å². The minimum Gasteiger partial charge on any atom is -0.491 e. The van der Waals surface area contributed by atoms with Crippen LogP contribution in [0, 0.1) is 12.8 Å². The molecule has 1 saturated carbocycles. The maximum Gasteiger partial charge on any atom is 0.333 e. The summed E-state index contributed by atoms with van der Waals surface area (Å²) in [5.41, 5.74) is 6.23. The van der Waals surface area contributed by atoms with Gasteiger partial charge in [-0.2, -0.15) is 13.9 Å². The van der Waals surface area contributed by atoms with Gasteiger partial charge in [0.15, 0.2) is 5.69 Å². The van der Waals surface area contributed by atoms with E-state index in [-0.39, 0.29) is 58.5 Å². The fourth-order valence-electron chi connectivity index (χ4n) is 5.20. The van der Waals surface area contributed by atoms with Gasteiger partial charge < -0.3 is 25.6 Å². The summed E-state index contributed by atoms with van der Waals surface area (Å²) in [5, 5.41) is 21.3. The molecule has 0 spiro atoms. The number of aromatic nitrogens is 4. The van der Waals surface area contributed by atoms with Crippen LogP contribution in [0.2, 0.25) is 0 Å². The Kier molecular flexibility index (Phi) is 7.80. The summed E-state index contributed by atoms with van der Waals surface area (Å²) in [5.74, 6) is -0.457. The second-order valence-electron chi connectivity index (χ2n) is 11.6. The van der Waals surface area contributed by atoms with E-state index in [0.717, 1.165) is 5.56 Å². The Hall–Kier alpha value is -4.26. The van der Waals surface area contributed by atoms with Crippen molar-refractivity contribution < 1.29 is 33.0 Å². The molecule has 2 amide bonds. The van der Waals surface area contributed by atoms with Crippen LogP contribution in [0.5, 0.6) is 11.6 Å². The fourth-order valence-corrected chi connectivity index (χ4v) is 5.20. The van der Waals surface area contributed by atoms with Gasteiger partial charge in [0.2, 0.25) is 5.88 Å². The highest BCUT2D eigenvalue weighted by atomic mass is 19.3. The Bertz CT molecular complexity index is 1640.